The summed E-state index contributed by atoms with van der Waals surface area (Å²) in [5.41, 5.74) is -1.16. The summed E-state index contributed by atoms with van der Waals surface area (Å²) in [6.07, 6.45) is 4.50. The van der Waals surface area contributed by atoms with Crippen molar-refractivity contribution in [3.8, 4) is 0 Å². The number of aliphatic carboxylic acids is 1. The predicted molar refractivity (Wildman–Crippen MR) is 119 cm³/mol. The Morgan fingerprint density at radius 3 is 2.59 bits per heavy atom. The molecule has 0 aromatic carbocycles. The van der Waals surface area contributed by atoms with E-state index in [9.17, 15) is 24.6 Å². The lowest BCUT2D eigenvalue weighted by Crippen LogP contribution is -2.60. The molecule has 2 bridgehead atoms. The number of aliphatic hydroxyl groups excluding tert-OH is 1. The molecule has 8 nitrogen and oxygen atoms in total. The molecule has 3 aliphatic rings. The van der Waals surface area contributed by atoms with Crippen molar-refractivity contribution in [1.82, 2.24) is 9.80 Å². The van der Waals surface area contributed by atoms with Gasteiger partial charge < -0.3 is 24.7 Å². The van der Waals surface area contributed by atoms with Crippen LogP contribution in [0, 0.1) is 17.8 Å². The summed E-state index contributed by atoms with van der Waals surface area (Å²) in [7, 11) is 0. The van der Waals surface area contributed by atoms with E-state index in [0.717, 1.165) is 12.8 Å². The molecule has 3 saturated heterocycles. The highest BCUT2D eigenvalue weighted by Gasteiger charge is 2.75. The van der Waals surface area contributed by atoms with Gasteiger partial charge in [-0.05, 0) is 32.1 Å². The van der Waals surface area contributed by atoms with E-state index in [1.807, 2.05) is 20.8 Å². The van der Waals surface area contributed by atoms with Crippen LogP contribution in [0.3, 0.4) is 0 Å². The maximum atomic E-state index is 14.1. The monoisotopic (exact) mass is 450 g/mol. The number of hydrogen-bond donors (Lipinski definition) is 2. The summed E-state index contributed by atoms with van der Waals surface area (Å²) in [5.74, 6) is -3.61. The molecule has 0 aromatic heterocycles. The van der Waals surface area contributed by atoms with Gasteiger partial charge in [-0.25, -0.2) is 0 Å². The zero-order valence-electron chi connectivity index (χ0n) is 19.7. The van der Waals surface area contributed by atoms with Gasteiger partial charge >= 0.3 is 5.97 Å². The van der Waals surface area contributed by atoms with E-state index in [1.54, 1.807) is 11.0 Å². The Labute approximate surface area is 190 Å². The summed E-state index contributed by atoms with van der Waals surface area (Å²) in [5, 5.41) is 20.2. The first kappa shape index (κ1) is 24.7. The number of carbonyl (C=O) groups excluding carboxylic acids is 2. The van der Waals surface area contributed by atoms with Crippen molar-refractivity contribution in [2.24, 2.45) is 17.8 Å². The molecule has 32 heavy (non-hydrogen) atoms. The summed E-state index contributed by atoms with van der Waals surface area (Å²) in [4.78, 5) is 43.2. The fourth-order valence-corrected chi connectivity index (χ4v) is 6.18. The Morgan fingerprint density at radius 1 is 1.38 bits per heavy atom. The van der Waals surface area contributed by atoms with Crippen LogP contribution >= 0.6 is 0 Å². The van der Waals surface area contributed by atoms with Gasteiger partial charge in [0.25, 0.3) is 0 Å². The first-order valence-electron chi connectivity index (χ1n) is 11.9. The zero-order valence-corrected chi connectivity index (χ0v) is 19.7. The highest BCUT2D eigenvalue weighted by molar-refractivity contribution is 5.98. The van der Waals surface area contributed by atoms with Gasteiger partial charge in [-0.1, -0.05) is 39.7 Å². The lowest BCUT2D eigenvalue weighted by molar-refractivity contribution is -0.155. The molecule has 8 heteroatoms. The van der Waals surface area contributed by atoms with E-state index in [4.69, 9.17) is 4.74 Å². The second-order valence-electron chi connectivity index (χ2n) is 9.69. The Balaban J connectivity index is 2.12. The second-order valence-corrected chi connectivity index (χ2v) is 9.69. The third kappa shape index (κ3) is 3.65. The van der Waals surface area contributed by atoms with E-state index < -0.39 is 41.6 Å². The number of carboxylic acids is 1. The smallest absolute Gasteiger partial charge is 0.310 e. The lowest BCUT2D eigenvalue weighted by Gasteiger charge is -2.42. The largest absolute Gasteiger partial charge is 0.481 e. The van der Waals surface area contributed by atoms with Gasteiger partial charge in [-0.2, -0.15) is 0 Å². The molecule has 3 fully saturated rings. The Morgan fingerprint density at radius 2 is 2.06 bits per heavy atom. The molecule has 2 N–H and O–H groups in total. The van der Waals surface area contributed by atoms with E-state index in [1.165, 1.54) is 4.90 Å². The molecule has 0 saturated carbocycles. The van der Waals surface area contributed by atoms with Crippen LogP contribution in [-0.4, -0.2) is 80.8 Å². The Kier molecular flexibility index (Phi) is 7.34. The number of aliphatic hydroxyl groups is 1. The number of nitrogens with zero attached hydrogens (tertiary/aromatic N) is 2. The molecule has 3 heterocycles. The molecule has 0 aromatic rings. The second kappa shape index (κ2) is 9.51. The molecule has 0 radical (unpaired) electrons. The van der Waals surface area contributed by atoms with Gasteiger partial charge in [0.15, 0.2) is 0 Å². The molecule has 3 unspecified atom stereocenters. The SMILES string of the molecule is C=CCN(C(=O)C1N([C@@H](CO)[C@@H](C)CC)C(=O)[C@@H]2[C@H](C(=O)O)[C@@H]3CCC12O3)C(C)CCC. The van der Waals surface area contributed by atoms with Crippen LogP contribution in [0.15, 0.2) is 12.7 Å². The van der Waals surface area contributed by atoms with Crippen LogP contribution in [0.5, 0.6) is 0 Å². The molecule has 3 rings (SSSR count). The number of amides is 2. The van der Waals surface area contributed by atoms with Crippen LogP contribution in [0.2, 0.25) is 0 Å². The van der Waals surface area contributed by atoms with Gasteiger partial charge in [-0.3, -0.25) is 14.4 Å². The van der Waals surface area contributed by atoms with Crippen molar-refractivity contribution >= 4 is 17.8 Å². The van der Waals surface area contributed by atoms with Crippen LogP contribution < -0.4 is 0 Å². The maximum absolute atomic E-state index is 14.1. The predicted octanol–water partition coefficient (Wildman–Crippen LogP) is 2.06. The molecule has 8 atom stereocenters. The van der Waals surface area contributed by atoms with Crippen molar-refractivity contribution in [2.75, 3.05) is 13.2 Å². The summed E-state index contributed by atoms with van der Waals surface area (Å²) < 4.78 is 6.27. The number of fused-ring (bicyclic) bond motifs is 1. The van der Waals surface area contributed by atoms with Crippen molar-refractivity contribution in [1.29, 1.82) is 0 Å². The Bertz CT molecular complexity index is 757. The highest BCUT2D eigenvalue weighted by Crippen LogP contribution is 2.59. The summed E-state index contributed by atoms with van der Waals surface area (Å²) in [6.45, 7) is 11.8. The van der Waals surface area contributed by atoms with Gasteiger partial charge in [0.2, 0.25) is 11.8 Å². The molecular weight excluding hydrogens is 412 g/mol. The van der Waals surface area contributed by atoms with Crippen molar-refractivity contribution in [2.45, 2.75) is 89.6 Å². The summed E-state index contributed by atoms with van der Waals surface area (Å²) >= 11 is 0. The normalized spacial score (nSPS) is 33.7. The number of rotatable bonds is 11. The van der Waals surface area contributed by atoms with Crippen LogP contribution in [0.1, 0.15) is 59.8 Å². The van der Waals surface area contributed by atoms with E-state index in [0.29, 0.717) is 25.8 Å². The first-order chi connectivity index (χ1) is 15.2. The summed E-state index contributed by atoms with van der Waals surface area (Å²) in [6, 6.07) is -1.59. The average Bonchev–Trinajstić information content (AvgIpc) is 3.40. The average molecular weight is 451 g/mol. The fraction of sp³-hybridized carbons (Fsp3) is 0.792. The number of likely N-dealkylation sites (tertiary alicyclic amines) is 1. The van der Waals surface area contributed by atoms with Crippen molar-refractivity contribution < 1.29 is 29.3 Å². The first-order valence-corrected chi connectivity index (χ1v) is 11.9. The quantitative estimate of drug-likeness (QED) is 0.467. The lowest BCUT2D eigenvalue weighted by atomic mass is 9.70. The minimum atomic E-state index is -1.16. The van der Waals surface area contributed by atoms with Gasteiger partial charge in [0.1, 0.15) is 11.6 Å². The molecule has 1 spiro atoms. The number of carbonyl (C=O) groups is 3. The number of hydrogen-bond acceptors (Lipinski definition) is 5. The number of carboxylic acid groups (broad SMARTS) is 1. The van der Waals surface area contributed by atoms with Crippen LogP contribution in [0.4, 0.5) is 0 Å². The van der Waals surface area contributed by atoms with Gasteiger partial charge in [0, 0.05) is 12.6 Å². The zero-order chi connectivity index (χ0) is 23.8. The Hall–Kier alpha value is -1.93. The standard InChI is InChI=1S/C24H38N2O6/c1-6-9-15(5)25(12-7-2)22(29)20-24-11-10-17(32-24)18(23(30)31)19(24)21(28)26(20)16(13-27)14(4)8-3/h7,14-20,27H,2,6,8-13H2,1,3-5H3,(H,30,31)/t14-,15?,16-,17-,18+,19-,20?,24?/m0/s1. The molecule has 2 amide bonds. The molecule has 180 valence electrons. The van der Waals surface area contributed by atoms with Gasteiger partial charge in [-0.15, -0.1) is 6.58 Å². The highest BCUT2D eigenvalue weighted by atomic mass is 16.5. The minimum absolute atomic E-state index is 0.0594. The van der Waals surface area contributed by atoms with Gasteiger partial charge in [0.05, 0.1) is 30.6 Å². The number of ether oxygens (including phenoxy) is 1. The van der Waals surface area contributed by atoms with Crippen LogP contribution in [-0.2, 0) is 19.1 Å². The van der Waals surface area contributed by atoms with Crippen molar-refractivity contribution in [3.05, 3.63) is 12.7 Å². The third-order valence-electron chi connectivity index (χ3n) is 7.95. The fourth-order valence-electron chi connectivity index (χ4n) is 6.18. The molecule has 0 aliphatic carbocycles. The van der Waals surface area contributed by atoms with Crippen molar-refractivity contribution in [3.63, 3.8) is 0 Å². The topological polar surface area (TPSA) is 107 Å². The minimum Gasteiger partial charge on any atom is -0.481 e. The molecular formula is C24H38N2O6. The third-order valence-corrected chi connectivity index (χ3v) is 7.95. The van der Waals surface area contributed by atoms with E-state index in [2.05, 4.69) is 13.5 Å². The molecule has 3 aliphatic heterocycles. The van der Waals surface area contributed by atoms with E-state index in [-0.39, 0.29) is 30.4 Å². The maximum Gasteiger partial charge on any atom is 0.310 e. The van der Waals surface area contributed by atoms with Crippen LogP contribution in [0.25, 0.3) is 0 Å². The van der Waals surface area contributed by atoms with E-state index >= 15 is 0 Å².